The highest BCUT2D eigenvalue weighted by Crippen LogP contribution is 2.18. The van der Waals surface area contributed by atoms with Crippen LogP contribution in [0.1, 0.15) is 335 Å². The molecular weight excluding hydrogens is 911 g/mol. The van der Waals surface area contributed by atoms with Crippen molar-refractivity contribution in [3.8, 4) is 0 Å². The molecule has 0 aromatic carbocycles. The molecule has 0 bridgehead atoms. The molecular formula is C68H127NO5. The number of allylic oxidation sites excluding steroid dienone is 10. The summed E-state index contributed by atoms with van der Waals surface area (Å²) in [5, 5.41) is 44.1. The molecule has 434 valence electrons. The van der Waals surface area contributed by atoms with E-state index in [4.69, 9.17) is 0 Å². The summed E-state index contributed by atoms with van der Waals surface area (Å²) < 4.78 is 0. The van der Waals surface area contributed by atoms with E-state index >= 15 is 0 Å². The van der Waals surface area contributed by atoms with Crippen molar-refractivity contribution in [1.29, 1.82) is 0 Å². The van der Waals surface area contributed by atoms with Crippen LogP contribution >= 0.6 is 0 Å². The number of aliphatic hydroxyl groups excluding tert-OH is 4. The molecule has 0 aliphatic rings. The molecule has 0 aliphatic carbocycles. The van der Waals surface area contributed by atoms with Gasteiger partial charge in [0.05, 0.1) is 18.8 Å². The summed E-state index contributed by atoms with van der Waals surface area (Å²) in [6.07, 6.45) is 81.8. The second-order valence-electron chi connectivity index (χ2n) is 22.4. The van der Waals surface area contributed by atoms with Crippen LogP contribution in [-0.4, -0.2) is 57.3 Å². The molecule has 0 radical (unpaired) electrons. The first-order chi connectivity index (χ1) is 36.5. The number of amides is 1. The van der Waals surface area contributed by atoms with Gasteiger partial charge in [0, 0.05) is 0 Å². The number of aliphatic hydroxyl groups is 4. The Kier molecular flexibility index (Phi) is 60.2. The Bertz CT molecular complexity index is 1260. The quantitative estimate of drug-likeness (QED) is 0.0308. The molecule has 74 heavy (non-hydrogen) atoms. The average Bonchev–Trinajstić information content (AvgIpc) is 3.41. The second kappa shape index (κ2) is 61.9. The lowest BCUT2D eigenvalue weighted by Gasteiger charge is -2.27. The predicted molar refractivity (Wildman–Crippen MR) is 325 cm³/mol. The van der Waals surface area contributed by atoms with Crippen LogP contribution in [0.2, 0.25) is 0 Å². The molecule has 0 spiro atoms. The Balaban J connectivity index is 3.66. The fourth-order valence-corrected chi connectivity index (χ4v) is 10.1. The molecule has 5 N–H and O–H groups in total. The van der Waals surface area contributed by atoms with E-state index < -0.39 is 36.9 Å². The SMILES string of the molecule is CCCCCCCCCCC/C=C\C/C=C\CCCCCCCCCCCCCCCCC(O)C(=O)NC(CO)C(O)C(O)CCC/C=C/CC/C=C/CC/C=C/CCCCCCCCCCCCCCCCC. The number of hydrogen-bond donors (Lipinski definition) is 5. The van der Waals surface area contributed by atoms with Crippen LogP contribution in [0.15, 0.2) is 60.8 Å². The normalized spacial score (nSPS) is 14.0. The van der Waals surface area contributed by atoms with Crippen LogP contribution in [-0.2, 0) is 4.79 Å². The zero-order chi connectivity index (χ0) is 53.7. The lowest BCUT2D eigenvalue weighted by Crippen LogP contribution is -2.53. The largest absolute Gasteiger partial charge is 0.394 e. The number of carbonyl (C=O) groups excluding carboxylic acids is 1. The average molecular weight is 1040 g/mol. The van der Waals surface area contributed by atoms with Crippen LogP contribution in [0.3, 0.4) is 0 Å². The molecule has 4 unspecified atom stereocenters. The summed E-state index contributed by atoms with van der Waals surface area (Å²) in [5.41, 5.74) is 0. The molecule has 4 atom stereocenters. The van der Waals surface area contributed by atoms with E-state index in [1.54, 1.807) is 0 Å². The van der Waals surface area contributed by atoms with Gasteiger partial charge in [0.2, 0.25) is 5.91 Å². The third-order valence-corrected chi connectivity index (χ3v) is 15.2. The second-order valence-corrected chi connectivity index (χ2v) is 22.4. The maximum atomic E-state index is 12.6. The summed E-state index contributed by atoms with van der Waals surface area (Å²) in [5.74, 6) is -0.597. The van der Waals surface area contributed by atoms with Crippen molar-refractivity contribution in [1.82, 2.24) is 5.32 Å². The monoisotopic (exact) mass is 1040 g/mol. The first kappa shape index (κ1) is 72.0. The highest BCUT2D eigenvalue weighted by Gasteiger charge is 2.28. The van der Waals surface area contributed by atoms with Gasteiger partial charge >= 0.3 is 0 Å². The Hall–Kier alpha value is -1.99. The minimum absolute atomic E-state index is 0.357. The molecule has 6 heteroatoms. The van der Waals surface area contributed by atoms with Crippen LogP contribution in [0, 0.1) is 0 Å². The van der Waals surface area contributed by atoms with E-state index in [-0.39, 0.29) is 0 Å². The third-order valence-electron chi connectivity index (χ3n) is 15.2. The molecule has 0 rings (SSSR count). The standard InChI is InChI=1S/C68H127NO5/c1-3-5-7-9-11-13-15-17-19-21-23-25-27-29-31-33-34-36-38-40-42-44-46-48-50-52-54-56-58-60-62-66(72)68(74)69-64(63-70)67(73)65(71)61-59-57-55-53-51-49-47-45-43-41-39-37-35-32-30-28-26-24-22-20-18-16-14-12-10-8-6-4-2/h23,25,29,31,37,39,45,47,53,55,64-67,70-73H,3-22,24,26-28,30,32-36,38,40-44,46,48-52,54,56-63H2,1-2H3,(H,69,74)/b25-23-,31-29-,39-37+,47-45+,55-53+. The fourth-order valence-electron chi connectivity index (χ4n) is 10.1. The summed E-state index contributed by atoms with van der Waals surface area (Å²) in [6.45, 7) is 4.07. The molecule has 0 saturated carbocycles. The van der Waals surface area contributed by atoms with Crippen LogP contribution in [0.5, 0.6) is 0 Å². The Morgan fingerprint density at radius 1 is 0.338 bits per heavy atom. The van der Waals surface area contributed by atoms with Gasteiger partial charge in [-0.1, -0.05) is 299 Å². The van der Waals surface area contributed by atoms with Crippen molar-refractivity contribution in [2.24, 2.45) is 0 Å². The first-order valence-corrected chi connectivity index (χ1v) is 32.7. The molecule has 6 nitrogen and oxygen atoms in total. The number of hydrogen-bond acceptors (Lipinski definition) is 5. The lowest BCUT2D eigenvalue weighted by atomic mass is 10.00. The van der Waals surface area contributed by atoms with Gasteiger partial charge in [-0.2, -0.15) is 0 Å². The Morgan fingerprint density at radius 3 is 0.932 bits per heavy atom. The van der Waals surface area contributed by atoms with Crippen LogP contribution < -0.4 is 5.32 Å². The predicted octanol–water partition coefficient (Wildman–Crippen LogP) is 19.9. The van der Waals surface area contributed by atoms with Gasteiger partial charge in [-0.25, -0.2) is 0 Å². The smallest absolute Gasteiger partial charge is 0.249 e. The van der Waals surface area contributed by atoms with Gasteiger partial charge in [-0.05, 0) is 96.3 Å². The van der Waals surface area contributed by atoms with Gasteiger partial charge in [0.1, 0.15) is 12.2 Å². The molecule has 0 aliphatic heterocycles. The Morgan fingerprint density at radius 2 is 0.608 bits per heavy atom. The summed E-state index contributed by atoms with van der Waals surface area (Å²) in [4.78, 5) is 12.6. The van der Waals surface area contributed by atoms with E-state index in [2.05, 4.69) is 79.9 Å². The lowest BCUT2D eigenvalue weighted by molar-refractivity contribution is -0.132. The van der Waals surface area contributed by atoms with Crippen molar-refractivity contribution >= 4 is 5.91 Å². The minimum Gasteiger partial charge on any atom is -0.394 e. The molecule has 0 fully saturated rings. The number of nitrogens with one attached hydrogen (secondary N) is 1. The molecule has 0 saturated heterocycles. The minimum atomic E-state index is -1.30. The van der Waals surface area contributed by atoms with Crippen molar-refractivity contribution in [3.63, 3.8) is 0 Å². The van der Waals surface area contributed by atoms with E-state index in [1.807, 2.05) is 0 Å². The molecule has 0 aromatic rings. The summed E-state index contributed by atoms with van der Waals surface area (Å²) in [7, 11) is 0. The van der Waals surface area contributed by atoms with Gasteiger partial charge in [-0.3, -0.25) is 4.79 Å². The highest BCUT2D eigenvalue weighted by molar-refractivity contribution is 5.80. The van der Waals surface area contributed by atoms with E-state index in [9.17, 15) is 25.2 Å². The van der Waals surface area contributed by atoms with Gasteiger partial charge in [0.15, 0.2) is 0 Å². The maximum absolute atomic E-state index is 12.6. The zero-order valence-electron chi connectivity index (χ0n) is 49.3. The van der Waals surface area contributed by atoms with E-state index in [0.29, 0.717) is 19.3 Å². The van der Waals surface area contributed by atoms with E-state index in [1.165, 1.54) is 244 Å². The molecule has 1 amide bonds. The molecule has 0 aromatic heterocycles. The highest BCUT2D eigenvalue weighted by atomic mass is 16.3. The van der Waals surface area contributed by atoms with E-state index in [0.717, 1.165) is 57.8 Å². The third kappa shape index (κ3) is 54.8. The van der Waals surface area contributed by atoms with Crippen molar-refractivity contribution < 1.29 is 25.2 Å². The van der Waals surface area contributed by atoms with Crippen molar-refractivity contribution in [2.45, 2.75) is 359 Å². The fraction of sp³-hybridized carbons (Fsp3) is 0.838. The number of carbonyl (C=O) groups is 1. The topological polar surface area (TPSA) is 110 Å². The number of unbranched alkanes of at least 4 members (excludes halogenated alkanes) is 41. The van der Waals surface area contributed by atoms with Crippen molar-refractivity contribution in [3.05, 3.63) is 60.8 Å². The number of rotatable bonds is 60. The maximum Gasteiger partial charge on any atom is 0.249 e. The Labute approximate surface area is 461 Å². The summed E-state index contributed by atoms with van der Waals surface area (Å²) >= 11 is 0. The van der Waals surface area contributed by atoms with Gasteiger partial charge < -0.3 is 25.7 Å². The van der Waals surface area contributed by atoms with Gasteiger partial charge in [0.25, 0.3) is 0 Å². The van der Waals surface area contributed by atoms with Gasteiger partial charge in [-0.15, -0.1) is 0 Å². The zero-order valence-corrected chi connectivity index (χ0v) is 49.3. The summed E-state index contributed by atoms with van der Waals surface area (Å²) in [6, 6.07) is -1.02. The van der Waals surface area contributed by atoms with Crippen molar-refractivity contribution in [2.75, 3.05) is 6.61 Å². The van der Waals surface area contributed by atoms with Crippen LogP contribution in [0.4, 0.5) is 0 Å². The first-order valence-electron chi connectivity index (χ1n) is 32.7. The van der Waals surface area contributed by atoms with Crippen LogP contribution in [0.25, 0.3) is 0 Å². The molecule has 0 heterocycles.